The van der Waals surface area contributed by atoms with Crippen LogP contribution in [-0.2, 0) is 20.9 Å². The number of carboxylic acids is 2. The van der Waals surface area contributed by atoms with Crippen molar-refractivity contribution in [2.45, 2.75) is 25.9 Å². The Morgan fingerprint density at radius 3 is 2.39 bits per heavy atom. The fraction of sp³-hybridized carbons (Fsp3) is 0.421. The van der Waals surface area contributed by atoms with E-state index in [9.17, 15) is 19.5 Å². The predicted molar refractivity (Wildman–Crippen MR) is 106 cm³/mol. The fourth-order valence-electron chi connectivity index (χ4n) is 3.70. The van der Waals surface area contributed by atoms with Crippen LogP contribution in [0.3, 0.4) is 0 Å². The summed E-state index contributed by atoms with van der Waals surface area (Å²) < 4.78 is 2.62. The molecule has 1 fully saturated rings. The van der Waals surface area contributed by atoms with E-state index in [-0.39, 0.29) is 18.9 Å². The van der Waals surface area contributed by atoms with Gasteiger partial charge in [-0.1, -0.05) is 15.9 Å². The number of benzene rings is 1. The van der Waals surface area contributed by atoms with Crippen molar-refractivity contribution in [2.24, 2.45) is 0 Å². The van der Waals surface area contributed by atoms with Crippen LogP contribution >= 0.6 is 15.9 Å². The molecule has 8 nitrogen and oxygen atoms in total. The summed E-state index contributed by atoms with van der Waals surface area (Å²) in [6.45, 7) is 3.68. The van der Waals surface area contributed by atoms with Crippen molar-refractivity contribution in [3.8, 4) is 0 Å². The van der Waals surface area contributed by atoms with Gasteiger partial charge in [0, 0.05) is 66.8 Å². The average molecular weight is 452 g/mol. The molecule has 0 unspecified atom stereocenters. The number of aliphatic carboxylic acids is 2. The summed E-state index contributed by atoms with van der Waals surface area (Å²) >= 11 is 3.44. The molecule has 1 aliphatic heterocycles. The molecule has 0 bridgehead atoms. The van der Waals surface area contributed by atoms with Gasteiger partial charge in [0.2, 0.25) is 5.91 Å². The summed E-state index contributed by atoms with van der Waals surface area (Å²) in [5.74, 6) is -1.88. The van der Waals surface area contributed by atoms with Gasteiger partial charge in [-0.15, -0.1) is 0 Å². The first kappa shape index (κ1) is 20.3. The molecule has 1 atom stereocenters. The van der Waals surface area contributed by atoms with Gasteiger partial charge in [0.15, 0.2) is 0 Å². The Labute approximate surface area is 170 Å². The van der Waals surface area contributed by atoms with E-state index in [2.05, 4.69) is 15.9 Å². The molecule has 0 radical (unpaired) electrons. The average Bonchev–Trinajstić information content (AvgIpc) is 2.98. The summed E-state index contributed by atoms with van der Waals surface area (Å²) in [5, 5.41) is 19.8. The topological polar surface area (TPSA) is 103 Å². The molecule has 1 aromatic heterocycles. The number of carbonyl (C=O) groups is 3. The molecular weight excluding hydrogens is 430 g/mol. The van der Waals surface area contributed by atoms with Crippen LogP contribution in [0, 0.1) is 0 Å². The standard InChI is InChI=1S/C19H22BrN3O5/c1-12(24)21-6-8-22(9-7-21)18(19(27)28)15-11-23(5-4-17(25)26)16-3-2-13(20)10-14(15)16/h2-3,10-11,18H,4-9H2,1H3,(H,25,26)(H,27,28)/t18-/m1/s1. The number of fused-ring (bicyclic) bond motifs is 1. The number of piperazine rings is 1. The number of rotatable bonds is 6. The number of carboxylic acid groups (broad SMARTS) is 2. The Kier molecular flexibility index (Phi) is 6.04. The lowest BCUT2D eigenvalue weighted by atomic mass is 10.0. The number of aryl methyl sites for hydroxylation is 1. The molecule has 1 aromatic carbocycles. The summed E-state index contributed by atoms with van der Waals surface area (Å²) in [6.07, 6.45) is 1.70. The van der Waals surface area contributed by atoms with Crippen LogP contribution in [0.2, 0.25) is 0 Å². The third-order valence-corrected chi connectivity index (χ3v) is 5.59. The molecular formula is C19H22BrN3O5. The third-order valence-electron chi connectivity index (χ3n) is 5.09. The summed E-state index contributed by atoms with van der Waals surface area (Å²) in [5.41, 5.74) is 1.43. The molecule has 150 valence electrons. The predicted octanol–water partition coefficient (Wildman–Crippen LogP) is 2.17. The number of aromatic nitrogens is 1. The molecule has 0 aliphatic carbocycles. The van der Waals surface area contributed by atoms with E-state index in [4.69, 9.17) is 5.11 Å². The minimum absolute atomic E-state index is 0.0132. The normalized spacial score (nSPS) is 16.3. The Bertz CT molecular complexity index is 918. The molecule has 1 amide bonds. The van der Waals surface area contributed by atoms with Crippen LogP contribution in [0.1, 0.15) is 24.9 Å². The van der Waals surface area contributed by atoms with Gasteiger partial charge in [-0.3, -0.25) is 19.3 Å². The first-order chi connectivity index (χ1) is 13.3. The van der Waals surface area contributed by atoms with E-state index < -0.39 is 18.0 Å². The van der Waals surface area contributed by atoms with E-state index >= 15 is 0 Å². The van der Waals surface area contributed by atoms with Crippen molar-refractivity contribution in [3.05, 3.63) is 34.4 Å². The molecule has 0 saturated carbocycles. The van der Waals surface area contributed by atoms with Crippen LogP contribution in [-0.4, -0.2) is 68.6 Å². The van der Waals surface area contributed by atoms with Gasteiger partial charge in [-0.2, -0.15) is 0 Å². The molecule has 9 heteroatoms. The smallest absolute Gasteiger partial charge is 0.325 e. The van der Waals surface area contributed by atoms with Crippen molar-refractivity contribution in [1.29, 1.82) is 0 Å². The van der Waals surface area contributed by atoms with E-state index in [1.165, 1.54) is 6.92 Å². The lowest BCUT2D eigenvalue weighted by Gasteiger charge is -2.37. The lowest BCUT2D eigenvalue weighted by Crippen LogP contribution is -2.50. The third kappa shape index (κ3) is 4.20. The van der Waals surface area contributed by atoms with Gasteiger partial charge in [0.1, 0.15) is 6.04 Å². The maximum absolute atomic E-state index is 12.2. The zero-order valence-electron chi connectivity index (χ0n) is 15.5. The molecule has 1 saturated heterocycles. The summed E-state index contributed by atoms with van der Waals surface area (Å²) in [7, 11) is 0. The highest BCUT2D eigenvalue weighted by Crippen LogP contribution is 2.33. The Morgan fingerprint density at radius 1 is 1.14 bits per heavy atom. The van der Waals surface area contributed by atoms with Crippen molar-refractivity contribution in [3.63, 3.8) is 0 Å². The van der Waals surface area contributed by atoms with Gasteiger partial charge in [0.25, 0.3) is 0 Å². The number of amides is 1. The second-order valence-electron chi connectivity index (χ2n) is 6.87. The van der Waals surface area contributed by atoms with Crippen molar-refractivity contribution in [2.75, 3.05) is 26.2 Å². The Morgan fingerprint density at radius 2 is 1.82 bits per heavy atom. The largest absolute Gasteiger partial charge is 0.481 e. The first-order valence-electron chi connectivity index (χ1n) is 9.00. The van der Waals surface area contributed by atoms with E-state index in [1.54, 1.807) is 15.7 Å². The first-order valence-corrected chi connectivity index (χ1v) is 9.79. The van der Waals surface area contributed by atoms with Gasteiger partial charge in [0.05, 0.1) is 6.42 Å². The van der Waals surface area contributed by atoms with Crippen LogP contribution in [0.15, 0.2) is 28.9 Å². The highest BCUT2D eigenvalue weighted by Gasteiger charge is 2.33. The molecule has 1 aliphatic rings. The lowest BCUT2D eigenvalue weighted by molar-refractivity contribution is -0.145. The fourth-order valence-corrected chi connectivity index (χ4v) is 4.06. The summed E-state index contributed by atoms with van der Waals surface area (Å²) in [6, 6.07) is 4.71. The maximum atomic E-state index is 12.2. The van der Waals surface area contributed by atoms with Gasteiger partial charge in [-0.25, -0.2) is 0 Å². The van der Waals surface area contributed by atoms with Crippen LogP contribution < -0.4 is 0 Å². The van der Waals surface area contributed by atoms with Crippen LogP contribution in [0.4, 0.5) is 0 Å². The van der Waals surface area contributed by atoms with E-state index in [0.29, 0.717) is 31.7 Å². The highest BCUT2D eigenvalue weighted by atomic mass is 79.9. The number of hydrogen-bond donors (Lipinski definition) is 2. The monoisotopic (exact) mass is 451 g/mol. The molecule has 2 heterocycles. The number of hydrogen-bond acceptors (Lipinski definition) is 4. The van der Waals surface area contributed by atoms with E-state index in [0.717, 1.165) is 15.4 Å². The quantitative estimate of drug-likeness (QED) is 0.697. The maximum Gasteiger partial charge on any atom is 0.325 e. The zero-order valence-corrected chi connectivity index (χ0v) is 17.1. The van der Waals surface area contributed by atoms with E-state index in [1.807, 2.05) is 23.1 Å². The van der Waals surface area contributed by atoms with Gasteiger partial charge in [-0.05, 0) is 18.2 Å². The Balaban J connectivity index is 1.98. The minimum atomic E-state index is -0.964. The molecule has 28 heavy (non-hydrogen) atoms. The van der Waals surface area contributed by atoms with Crippen molar-refractivity contribution < 1.29 is 24.6 Å². The second kappa shape index (κ2) is 8.32. The number of carbonyl (C=O) groups excluding carboxylic acids is 1. The van der Waals surface area contributed by atoms with Gasteiger partial charge >= 0.3 is 11.9 Å². The molecule has 0 spiro atoms. The molecule has 2 aromatic rings. The number of nitrogens with zero attached hydrogens (tertiary/aromatic N) is 3. The van der Waals surface area contributed by atoms with Crippen LogP contribution in [0.5, 0.6) is 0 Å². The molecule has 3 rings (SSSR count). The van der Waals surface area contributed by atoms with Crippen molar-refractivity contribution >= 4 is 44.7 Å². The summed E-state index contributed by atoms with van der Waals surface area (Å²) in [4.78, 5) is 38.3. The zero-order chi connectivity index (χ0) is 20.4. The van der Waals surface area contributed by atoms with Crippen molar-refractivity contribution in [1.82, 2.24) is 14.4 Å². The Hall–Kier alpha value is -2.39. The minimum Gasteiger partial charge on any atom is -0.481 e. The van der Waals surface area contributed by atoms with Crippen LogP contribution in [0.25, 0.3) is 10.9 Å². The second-order valence-corrected chi connectivity index (χ2v) is 7.78. The molecule has 2 N–H and O–H groups in total. The SMILES string of the molecule is CC(=O)N1CCN([C@@H](C(=O)O)c2cn(CCC(=O)O)c3ccc(Br)cc23)CC1. The van der Waals surface area contributed by atoms with Gasteiger partial charge < -0.3 is 19.7 Å². The highest BCUT2D eigenvalue weighted by molar-refractivity contribution is 9.10. The number of halogens is 1.